The molecule has 0 aliphatic carbocycles. The smallest absolute Gasteiger partial charge is 0.240 e. The van der Waals surface area contributed by atoms with Crippen molar-refractivity contribution in [2.75, 3.05) is 7.05 Å². The van der Waals surface area contributed by atoms with E-state index in [0.29, 0.717) is 6.54 Å². The predicted octanol–water partition coefficient (Wildman–Crippen LogP) is 2.88. The molecule has 1 aromatic carbocycles. The molecule has 1 aromatic heterocycles. The van der Waals surface area contributed by atoms with E-state index < -0.39 is 5.38 Å². The highest BCUT2D eigenvalue weighted by atomic mass is 35.5. The van der Waals surface area contributed by atoms with Crippen LogP contribution < -0.4 is 0 Å². The number of hydrogen-bond acceptors (Lipinski definition) is 3. The van der Waals surface area contributed by atoms with Crippen LogP contribution in [0.5, 0.6) is 0 Å². The molecule has 5 heteroatoms. The number of rotatable bonds is 3. The summed E-state index contributed by atoms with van der Waals surface area (Å²) >= 11 is 7.37. The molecule has 0 aliphatic heterocycles. The lowest BCUT2D eigenvalue weighted by molar-refractivity contribution is -0.129. The molecule has 0 bridgehead atoms. The number of benzene rings is 1. The molecule has 0 fully saturated rings. The van der Waals surface area contributed by atoms with Crippen molar-refractivity contribution in [1.82, 2.24) is 9.88 Å². The van der Waals surface area contributed by atoms with Crippen LogP contribution in [0.1, 0.15) is 11.9 Å². The summed E-state index contributed by atoms with van der Waals surface area (Å²) in [6.07, 6.45) is 0. The second-order valence-corrected chi connectivity index (χ2v) is 5.66. The normalized spacial score (nSPS) is 12.6. The summed E-state index contributed by atoms with van der Waals surface area (Å²) < 4.78 is 1.14. The Kier molecular flexibility index (Phi) is 3.64. The van der Waals surface area contributed by atoms with Gasteiger partial charge in [0.2, 0.25) is 5.91 Å². The van der Waals surface area contributed by atoms with Crippen molar-refractivity contribution in [3.63, 3.8) is 0 Å². The van der Waals surface area contributed by atoms with Gasteiger partial charge < -0.3 is 4.90 Å². The molecule has 1 heterocycles. The Bertz CT molecular complexity index is 505. The van der Waals surface area contributed by atoms with Gasteiger partial charge in [-0.15, -0.1) is 22.9 Å². The van der Waals surface area contributed by atoms with Crippen LogP contribution in [-0.2, 0) is 11.3 Å². The predicted molar refractivity (Wildman–Crippen MR) is 71.4 cm³/mol. The van der Waals surface area contributed by atoms with Gasteiger partial charge in [0, 0.05) is 7.05 Å². The van der Waals surface area contributed by atoms with E-state index in [4.69, 9.17) is 11.6 Å². The first kappa shape index (κ1) is 12.3. The Morgan fingerprint density at radius 3 is 2.88 bits per heavy atom. The molecule has 0 saturated heterocycles. The fraction of sp³-hybridized carbons (Fsp3) is 0.333. The molecule has 90 valence electrons. The summed E-state index contributed by atoms with van der Waals surface area (Å²) in [5, 5.41) is 0.439. The van der Waals surface area contributed by atoms with E-state index in [0.717, 1.165) is 15.2 Å². The van der Waals surface area contributed by atoms with Crippen molar-refractivity contribution in [2.45, 2.75) is 18.8 Å². The number of para-hydroxylation sites is 1. The number of thiazole rings is 1. The molecule has 0 N–H and O–H groups in total. The average Bonchev–Trinajstić information content (AvgIpc) is 2.69. The van der Waals surface area contributed by atoms with Gasteiger partial charge >= 0.3 is 0 Å². The number of amides is 1. The minimum absolute atomic E-state index is 0.0778. The largest absolute Gasteiger partial charge is 0.338 e. The van der Waals surface area contributed by atoms with Crippen LogP contribution in [0.4, 0.5) is 0 Å². The maximum atomic E-state index is 11.6. The van der Waals surface area contributed by atoms with E-state index in [-0.39, 0.29) is 5.91 Å². The average molecular weight is 269 g/mol. The molecule has 2 aromatic rings. The van der Waals surface area contributed by atoms with E-state index in [9.17, 15) is 4.79 Å². The monoisotopic (exact) mass is 268 g/mol. The van der Waals surface area contributed by atoms with Crippen LogP contribution in [0.25, 0.3) is 10.2 Å². The summed E-state index contributed by atoms with van der Waals surface area (Å²) in [7, 11) is 1.74. The van der Waals surface area contributed by atoms with Gasteiger partial charge in [0.05, 0.1) is 16.8 Å². The Balaban J connectivity index is 2.16. The Morgan fingerprint density at radius 2 is 2.24 bits per heavy atom. The maximum Gasteiger partial charge on any atom is 0.240 e. The number of fused-ring (bicyclic) bond motifs is 1. The molecule has 0 spiro atoms. The van der Waals surface area contributed by atoms with E-state index in [1.165, 1.54) is 0 Å². The molecule has 2 rings (SSSR count). The van der Waals surface area contributed by atoms with Crippen LogP contribution in [-0.4, -0.2) is 28.2 Å². The SMILES string of the molecule is C[C@H](Cl)C(=O)N(C)Cc1nc2ccccc2s1. The van der Waals surface area contributed by atoms with Crippen LogP contribution in [0, 0.1) is 0 Å². The molecule has 17 heavy (non-hydrogen) atoms. The van der Waals surface area contributed by atoms with E-state index >= 15 is 0 Å². The first-order valence-electron chi connectivity index (χ1n) is 5.31. The van der Waals surface area contributed by atoms with Crippen LogP contribution in [0.15, 0.2) is 24.3 Å². The van der Waals surface area contributed by atoms with Gasteiger partial charge in [-0.05, 0) is 19.1 Å². The number of alkyl halides is 1. The summed E-state index contributed by atoms with van der Waals surface area (Å²) in [4.78, 5) is 17.7. The van der Waals surface area contributed by atoms with E-state index in [1.807, 2.05) is 24.3 Å². The number of carbonyl (C=O) groups excluding carboxylic acids is 1. The number of nitrogens with zero attached hydrogens (tertiary/aromatic N) is 2. The first-order chi connectivity index (χ1) is 8.08. The zero-order valence-corrected chi connectivity index (χ0v) is 11.3. The van der Waals surface area contributed by atoms with E-state index in [2.05, 4.69) is 4.98 Å². The van der Waals surface area contributed by atoms with Gasteiger partial charge in [0.25, 0.3) is 0 Å². The molecule has 0 radical (unpaired) electrons. The summed E-state index contributed by atoms with van der Waals surface area (Å²) in [6.45, 7) is 2.19. The number of carbonyl (C=O) groups is 1. The standard InChI is InChI=1S/C12H13ClN2OS/c1-8(13)12(16)15(2)7-11-14-9-5-3-4-6-10(9)17-11/h3-6,8H,7H2,1-2H3/t8-/m0/s1. The third kappa shape index (κ3) is 2.76. The fourth-order valence-corrected chi connectivity index (χ4v) is 2.76. The zero-order chi connectivity index (χ0) is 12.4. The minimum atomic E-state index is -0.491. The lowest BCUT2D eigenvalue weighted by Crippen LogP contribution is -2.31. The van der Waals surface area contributed by atoms with Gasteiger partial charge in [-0.1, -0.05) is 12.1 Å². The minimum Gasteiger partial charge on any atom is -0.338 e. The highest BCUT2D eigenvalue weighted by Crippen LogP contribution is 2.22. The number of hydrogen-bond donors (Lipinski definition) is 0. The van der Waals surface area contributed by atoms with Gasteiger partial charge in [0.15, 0.2) is 0 Å². The van der Waals surface area contributed by atoms with Gasteiger partial charge in [-0.3, -0.25) is 4.79 Å². The van der Waals surface area contributed by atoms with Gasteiger partial charge in [-0.2, -0.15) is 0 Å². The van der Waals surface area contributed by atoms with Crippen LogP contribution in [0.2, 0.25) is 0 Å². The third-order valence-corrected chi connectivity index (χ3v) is 3.63. The molecule has 1 amide bonds. The van der Waals surface area contributed by atoms with Gasteiger partial charge in [0.1, 0.15) is 10.4 Å². The number of aromatic nitrogens is 1. The molecule has 0 aliphatic rings. The Labute approximate surface area is 109 Å². The molecule has 3 nitrogen and oxygen atoms in total. The quantitative estimate of drug-likeness (QED) is 0.802. The number of halogens is 1. The summed E-state index contributed by atoms with van der Waals surface area (Å²) in [5.74, 6) is -0.0778. The third-order valence-electron chi connectivity index (χ3n) is 2.43. The zero-order valence-electron chi connectivity index (χ0n) is 9.68. The van der Waals surface area contributed by atoms with Gasteiger partial charge in [-0.25, -0.2) is 4.98 Å². The lowest BCUT2D eigenvalue weighted by atomic mass is 10.3. The topological polar surface area (TPSA) is 33.2 Å². The van der Waals surface area contributed by atoms with Crippen molar-refractivity contribution < 1.29 is 4.79 Å². The first-order valence-corrected chi connectivity index (χ1v) is 6.56. The lowest BCUT2D eigenvalue weighted by Gasteiger charge is -2.16. The van der Waals surface area contributed by atoms with Crippen molar-refractivity contribution in [3.8, 4) is 0 Å². The second-order valence-electron chi connectivity index (χ2n) is 3.89. The highest BCUT2D eigenvalue weighted by Gasteiger charge is 2.16. The maximum absolute atomic E-state index is 11.6. The fourth-order valence-electron chi connectivity index (χ4n) is 1.57. The molecule has 0 unspecified atom stereocenters. The molecule has 1 atom stereocenters. The van der Waals surface area contributed by atoms with E-state index in [1.54, 1.807) is 30.2 Å². The highest BCUT2D eigenvalue weighted by molar-refractivity contribution is 7.18. The van der Waals surface area contributed by atoms with Crippen molar-refractivity contribution in [3.05, 3.63) is 29.3 Å². The van der Waals surface area contributed by atoms with Crippen molar-refractivity contribution in [2.24, 2.45) is 0 Å². The Hall–Kier alpha value is -1.13. The van der Waals surface area contributed by atoms with Crippen molar-refractivity contribution in [1.29, 1.82) is 0 Å². The summed E-state index contributed by atoms with van der Waals surface area (Å²) in [6, 6.07) is 7.95. The Morgan fingerprint density at radius 1 is 1.53 bits per heavy atom. The molecule has 0 saturated carbocycles. The summed E-state index contributed by atoms with van der Waals surface area (Å²) in [5.41, 5.74) is 0.979. The molecular formula is C12H13ClN2OS. The van der Waals surface area contributed by atoms with Crippen LogP contribution >= 0.6 is 22.9 Å². The van der Waals surface area contributed by atoms with Crippen LogP contribution in [0.3, 0.4) is 0 Å². The molecular weight excluding hydrogens is 256 g/mol. The van der Waals surface area contributed by atoms with Crippen molar-refractivity contribution >= 4 is 39.1 Å². The second kappa shape index (κ2) is 5.02.